The fraction of sp³-hybridized carbons (Fsp3) is 0.762. The molecule has 3 rings (SSSR count). The molecule has 1 amide bonds. The molecule has 0 aromatic carbocycles. The maximum Gasteiger partial charge on any atom is 0.231 e. The van der Waals surface area contributed by atoms with Crippen molar-refractivity contribution in [3.8, 4) is 0 Å². The van der Waals surface area contributed by atoms with E-state index in [0.29, 0.717) is 36.9 Å². The fourth-order valence-corrected chi connectivity index (χ4v) is 4.46. The third-order valence-electron chi connectivity index (χ3n) is 5.94. The second kappa shape index (κ2) is 7.43. The van der Waals surface area contributed by atoms with Gasteiger partial charge in [-0.3, -0.25) is 4.79 Å². The fourth-order valence-electron chi connectivity index (χ4n) is 4.46. The van der Waals surface area contributed by atoms with Crippen molar-refractivity contribution in [2.75, 3.05) is 19.9 Å². The number of rotatable bonds is 7. The standard InChI is InChI=1S/C21H33NO3/c1-5-16(17-6-7-18-19(11-17)25-14-24-18)10-15(2)8-9-22-13-21(3,4)12-20(22)23/h7,11,15-17H,5-6,8-10,12-14H2,1-4H3. The Morgan fingerprint density at radius 3 is 2.76 bits per heavy atom. The number of carbonyl (C=O) groups excluding carboxylic acids is 1. The zero-order valence-electron chi connectivity index (χ0n) is 16.2. The SMILES string of the molecule is CCC(CC(C)CCN1CC(C)(C)CC1=O)C1C=C2OCOC2=CC1. The molecule has 0 N–H and O–H groups in total. The van der Waals surface area contributed by atoms with E-state index in [0.717, 1.165) is 37.4 Å². The van der Waals surface area contributed by atoms with Gasteiger partial charge in [0.2, 0.25) is 12.7 Å². The Hall–Kier alpha value is -1.45. The van der Waals surface area contributed by atoms with Gasteiger partial charge in [-0.15, -0.1) is 0 Å². The summed E-state index contributed by atoms with van der Waals surface area (Å²) >= 11 is 0. The summed E-state index contributed by atoms with van der Waals surface area (Å²) in [4.78, 5) is 14.2. The summed E-state index contributed by atoms with van der Waals surface area (Å²) in [5, 5.41) is 0. The summed E-state index contributed by atoms with van der Waals surface area (Å²) in [5.41, 5.74) is 0.147. The Morgan fingerprint density at radius 2 is 2.08 bits per heavy atom. The van der Waals surface area contributed by atoms with Crippen LogP contribution >= 0.6 is 0 Å². The number of fused-ring (bicyclic) bond motifs is 1. The van der Waals surface area contributed by atoms with Crippen LogP contribution in [0.15, 0.2) is 23.7 Å². The summed E-state index contributed by atoms with van der Waals surface area (Å²) in [7, 11) is 0. The molecule has 0 radical (unpaired) electrons. The van der Waals surface area contributed by atoms with Crippen LogP contribution in [-0.2, 0) is 14.3 Å². The molecule has 4 heteroatoms. The number of ether oxygens (including phenoxy) is 2. The van der Waals surface area contributed by atoms with Crippen LogP contribution in [0.25, 0.3) is 0 Å². The first-order valence-electron chi connectivity index (χ1n) is 9.83. The number of nitrogens with zero attached hydrogens (tertiary/aromatic N) is 1. The number of amides is 1. The van der Waals surface area contributed by atoms with E-state index < -0.39 is 0 Å². The van der Waals surface area contributed by atoms with E-state index >= 15 is 0 Å². The van der Waals surface area contributed by atoms with Gasteiger partial charge in [0.1, 0.15) is 0 Å². The van der Waals surface area contributed by atoms with Crippen LogP contribution in [0.2, 0.25) is 0 Å². The molecule has 3 atom stereocenters. The van der Waals surface area contributed by atoms with E-state index in [1.54, 1.807) is 0 Å². The molecule has 2 heterocycles. The molecular formula is C21H33NO3. The summed E-state index contributed by atoms with van der Waals surface area (Å²) in [5.74, 6) is 4.03. The molecule has 3 aliphatic rings. The van der Waals surface area contributed by atoms with Crippen LogP contribution in [0.3, 0.4) is 0 Å². The zero-order valence-corrected chi connectivity index (χ0v) is 16.2. The van der Waals surface area contributed by atoms with E-state index in [1.807, 2.05) is 0 Å². The lowest BCUT2D eigenvalue weighted by atomic mass is 9.79. The van der Waals surface area contributed by atoms with Gasteiger partial charge in [-0.2, -0.15) is 0 Å². The number of hydrogen-bond acceptors (Lipinski definition) is 3. The minimum absolute atomic E-state index is 0.147. The highest BCUT2D eigenvalue weighted by Gasteiger charge is 2.35. The van der Waals surface area contributed by atoms with Crippen molar-refractivity contribution in [1.82, 2.24) is 4.90 Å². The quantitative estimate of drug-likeness (QED) is 0.681. The molecule has 0 spiro atoms. The van der Waals surface area contributed by atoms with Gasteiger partial charge < -0.3 is 14.4 Å². The van der Waals surface area contributed by atoms with Gasteiger partial charge in [0.15, 0.2) is 11.5 Å². The molecule has 0 saturated carbocycles. The number of hydrogen-bond donors (Lipinski definition) is 0. The molecule has 140 valence electrons. The van der Waals surface area contributed by atoms with Gasteiger partial charge in [-0.1, -0.05) is 34.1 Å². The topological polar surface area (TPSA) is 38.8 Å². The second-order valence-corrected chi connectivity index (χ2v) is 8.86. The summed E-state index contributed by atoms with van der Waals surface area (Å²) in [6.07, 6.45) is 9.69. The molecule has 2 saturated heterocycles. The molecule has 0 bridgehead atoms. The predicted molar refractivity (Wildman–Crippen MR) is 98.5 cm³/mol. The first-order valence-corrected chi connectivity index (χ1v) is 9.83. The van der Waals surface area contributed by atoms with Crippen molar-refractivity contribution in [1.29, 1.82) is 0 Å². The van der Waals surface area contributed by atoms with Crippen LogP contribution in [0.4, 0.5) is 0 Å². The van der Waals surface area contributed by atoms with Gasteiger partial charge in [0.05, 0.1) is 0 Å². The Labute approximate surface area is 152 Å². The predicted octanol–water partition coefficient (Wildman–Crippen LogP) is 4.48. The monoisotopic (exact) mass is 347 g/mol. The van der Waals surface area contributed by atoms with Crippen molar-refractivity contribution in [2.45, 2.75) is 59.8 Å². The summed E-state index contributed by atoms with van der Waals surface area (Å²) in [6, 6.07) is 0. The normalized spacial score (nSPS) is 27.1. The second-order valence-electron chi connectivity index (χ2n) is 8.86. The smallest absolute Gasteiger partial charge is 0.231 e. The molecule has 1 aliphatic carbocycles. The average molecular weight is 347 g/mol. The molecule has 2 aliphatic heterocycles. The van der Waals surface area contributed by atoms with E-state index in [9.17, 15) is 4.79 Å². The third-order valence-corrected chi connectivity index (χ3v) is 5.94. The molecular weight excluding hydrogens is 314 g/mol. The maximum absolute atomic E-state index is 12.1. The van der Waals surface area contributed by atoms with E-state index in [4.69, 9.17) is 9.47 Å². The van der Waals surface area contributed by atoms with Gasteiger partial charge in [0.25, 0.3) is 0 Å². The molecule has 2 fully saturated rings. The van der Waals surface area contributed by atoms with Gasteiger partial charge in [-0.25, -0.2) is 0 Å². The maximum atomic E-state index is 12.1. The Morgan fingerprint density at radius 1 is 1.32 bits per heavy atom. The minimum Gasteiger partial charge on any atom is -0.454 e. The molecule has 0 aromatic rings. The lowest BCUT2D eigenvalue weighted by Crippen LogP contribution is -2.29. The number of likely N-dealkylation sites (tertiary alicyclic amines) is 1. The summed E-state index contributed by atoms with van der Waals surface area (Å²) in [6.45, 7) is 11.2. The van der Waals surface area contributed by atoms with Crippen molar-refractivity contribution in [3.63, 3.8) is 0 Å². The van der Waals surface area contributed by atoms with Crippen molar-refractivity contribution in [3.05, 3.63) is 23.7 Å². The van der Waals surface area contributed by atoms with Crippen LogP contribution < -0.4 is 0 Å². The Kier molecular flexibility index (Phi) is 5.45. The first-order chi connectivity index (χ1) is 11.9. The van der Waals surface area contributed by atoms with Gasteiger partial charge in [0, 0.05) is 19.5 Å². The largest absolute Gasteiger partial charge is 0.454 e. The number of carbonyl (C=O) groups is 1. The van der Waals surface area contributed by atoms with E-state index in [-0.39, 0.29) is 5.41 Å². The molecule has 4 nitrogen and oxygen atoms in total. The zero-order chi connectivity index (χ0) is 18.0. The highest BCUT2D eigenvalue weighted by Crippen LogP contribution is 2.37. The van der Waals surface area contributed by atoms with Crippen LogP contribution in [0, 0.1) is 23.2 Å². The van der Waals surface area contributed by atoms with Crippen molar-refractivity contribution < 1.29 is 14.3 Å². The number of allylic oxidation sites excluding steroid dienone is 2. The van der Waals surface area contributed by atoms with Crippen LogP contribution in [0.5, 0.6) is 0 Å². The highest BCUT2D eigenvalue weighted by molar-refractivity contribution is 5.79. The van der Waals surface area contributed by atoms with E-state index in [2.05, 4.69) is 44.7 Å². The van der Waals surface area contributed by atoms with Crippen molar-refractivity contribution in [2.24, 2.45) is 23.2 Å². The lowest BCUT2D eigenvalue weighted by molar-refractivity contribution is -0.127. The minimum atomic E-state index is 0.147. The van der Waals surface area contributed by atoms with Crippen molar-refractivity contribution >= 4 is 5.91 Å². The Bertz CT molecular complexity index is 563. The average Bonchev–Trinajstić information content (AvgIpc) is 3.13. The van der Waals surface area contributed by atoms with Gasteiger partial charge in [-0.05, 0) is 54.6 Å². The third kappa shape index (κ3) is 4.39. The highest BCUT2D eigenvalue weighted by atomic mass is 16.7. The summed E-state index contributed by atoms with van der Waals surface area (Å²) < 4.78 is 11.0. The molecule has 0 aromatic heterocycles. The van der Waals surface area contributed by atoms with E-state index in [1.165, 1.54) is 12.8 Å². The Balaban J connectivity index is 1.49. The molecule has 25 heavy (non-hydrogen) atoms. The van der Waals surface area contributed by atoms with Crippen LogP contribution in [0.1, 0.15) is 59.8 Å². The van der Waals surface area contributed by atoms with Gasteiger partial charge >= 0.3 is 0 Å². The lowest BCUT2D eigenvalue weighted by Gasteiger charge is -2.28. The first kappa shape index (κ1) is 18.3. The van der Waals surface area contributed by atoms with Crippen LogP contribution in [-0.4, -0.2) is 30.7 Å². The molecule has 3 unspecified atom stereocenters.